The van der Waals surface area contributed by atoms with E-state index in [1.807, 2.05) is 24.0 Å². The summed E-state index contributed by atoms with van der Waals surface area (Å²) >= 11 is 0. The maximum atomic E-state index is 12.6. The second-order valence-corrected chi connectivity index (χ2v) is 8.75. The molecule has 4 heteroatoms. The normalized spacial score (nSPS) is 22.0. The molecule has 1 amide bonds. The molecule has 4 nitrogen and oxygen atoms in total. The van der Waals surface area contributed by atoms with Crippen LogP contribution in [0.1, 0.15) is 63.3 Å². The van der Waals surface area contributed by atoms with Crippen LogP contribution in [-0.2, 0) is 21.5 Å². The molecule has 1 aliphatic heterocycles. The van der Waals surface area contributed by atoms with Crippen LogP contribution in [0.15, 0.2) is 47.1 Å². The zero-order valence-corrected chi connectivity index (χ0v) is 18.3. The van der Waals surface area contributed by atoms with Crippen LogP contribution in [0.25, 0.3) is 0 Å². The number of benzene rings is 1. The Morgan fingerprint density at radius 2 is 2.00 bits per heavy atom. The second-order valence-electron chi connectivity index (χ2n) is 8.75. The molecule has 1 aromatic heterocycles. The first-order valence-electron chi connectivity index (χ1n) is 10.9. The molecule has 0 bridgehead atoms. The fourth-order valence-electron chi connectivity index (χ4n) is 4.38. The fourth-order valence-corrected chi connectivity index (χ4v) is 4.38. The van der Waals surface area contributed by atoms with Gasteiger partial charge in [0.05, 0.1) is 18.9 Å². The molecule has 0 N–H and O–H groups in total. The van der Waals surface area contributed by atoms with E-state index >= 15 is 0 Å². The number of carbonyl (C=O) groups is 1. The average molecular weight is 398 g/mol. The van der Waals surface area contributed by atoms with Gasteiger partial charge in [-0.05, 0) is 49.8 Å². The smallest absolute Gasteiger partial charge is 0.222 e. The number of furan rings is 1. The lowest BCUT2D eigenvalue weighted by molar-refractivity contribution is -0.132. The molecular weight excluding hydrogens is 362 g/mol. The van der Waals surface area contributed by atoms with E-state index in [1.54, 1.807) is 6.26 Å². The molecule has 1 saturated heterocycles. The van der Waals surface area contributed by atoms with E-state index < -0.39 is 0 Å². The molecule has 0 saturated carbocycles. The van der Waals surface area contributed by atoms with Crippen molar-refractivity contribution in [1.82, 2.24) is 4.90 Å². The number of ether oxygens (including phenoxy) is 1. The van der Waals surface area contributed by atoms with Crippen molar-refractivity contribution in [3.8, 4) is 0 Å². The SMILES string of the molecule is CCC(=O)N(CC[C@]1(c2ccc(C)cc2)CCO[C@H](C(C)C)C1)Cc1ccco1. The molecule has 2 aromatic rings. The number of rotatable bonds is 8. The van der Waals surface area contributed by atoms with Crippen molar-refractivity contribution >= 4 is 5.91 Å². The van der Waals surface area contributed by atoms with Crippen LogP contribution in [0.3, 0.4) is 0 Å². The van der Waals surface area contributed by atoms with Crippen LogP contribution in [0.4, 0.5) is 0 Å². The third-order valence-electron chi connectivity index (χ3n) is 6.35. The maximum absolute atomic E-state index is 12.6. The summed E-state index contributed by atoms with van der Waals surface area (Å²) in [5, 5.41) is 0. The standard InChI is InChI=1S/C25H35NO3/c1-5-24(27)26(18-22-7-6-15-28-22)14-12-25(21-10-8-20(4)9-11-21)13-16-29-23(17-25)19(2)3/h6-11,15,19,23H,5,12-14,16-18H2,1-4H3/t23-,25-/m0/s1. The summed E-state index contributed by atoms with van der Waals surface area (Å²) in [6.07, 6.45) is 5.37. The molecule has 3 rings (SSSR count). The first-order valence-corrected chi connectivity index (χ1v) is 10.9. The van der Waals surface area contributed by atoms with Crippen molar-refractivity contribution in [2.45, 2.75) is 71.4 Å². The predicted octanol–water partition coefficient (Wildman–Crippen LogP) is 5.49. The van der Waals surface area contributed by atoms with E-state index in [4.69, 9.17) is 9.15 Å². The van der Waals surface area contributed by atoms with E-state index in [0.29, 0.717) is 18.9 Å². The van der Waals surface area contributed by atoms with Crippen LogP contribution >= 0.6 is 0 Å². The molecule has 0 radical (unpaired) electrons. The summed E-state index contributed by atoms with van der Waals surface area (Å²) in [6, 6.07) is 12.8. The fraction of sp³-hybridized carbons (Fsp3) is 0.560. The van der Waals surface area contributed by atoms with Gasteiger partial charge in [0.25, 0.3) is 0 Å². The highest BCUT2D eigenvalue weighted by Gasteiger charge is 2.39. The van der Waals surface area contributed by atoms with Gasteiger partial charge in [-0.1, -0.05) is 50.6 Å². The number of carbonyl (C=O) groups excluding carboxylic acids is 1. The van der Waals surface area contributed by atoms with Crippen LogP contribution in [0, 0.1) is 12.8 Å². The Kier molecular flexibility index (Phi) is 7.18. The molecule has 0 aliphatic carbocycles. The van der Waals surface area contributed by atoms with Crippen LogP contribution < -0.4 is 0 Å². The Labute approximate surface area is 175 Å². The van der Waals surface area contributed by atoms with Gasteiger partial charge in [0.15, 0.2) is 0 Å². The van der Waals surface area contributed by atoms with Crippen molar-refractivity contribution in [3.05, 3.63) is 59.5 Å². The highest BCUT2D eigenvalue weighted by Crippen LogP contribution is 2.42. The highest BCUT2D eigenvalue weighted by atomic mass is 16.5. The molecule has 29 heavy (non-hydrogen) atoms. The average Bonchev–Trinajstić information content (AvgIpc) is 3.24. The quantitative estimate of drug-likeness (QED) is 0.591. The molecule has 158 valence electrons. The molecule has 2 atom stereocenters. The summed E-state index contributed by atoms with van der Waals surface area (Å²) < 4.78 is 11.6. The number of nitrogens with zero attached hydrogens (tertiary/aromatic N) is 1. The first kappa shape index (κ1) is 21.6. The minimum atomic E-state index is 0.0380. The van der Waals surface area contributed by atoms with Crippen LogP contribution in [0.2, 0.25) is 0 Å². The van der Waals surface area contributed by atoms with E-state index in [0.717, 1.165) is 38.2 Å². The maximum Gasteiger partial charge on any atom is 0.222 e. The summed E-state index contributed by atoms with van der Waals surface area (Å²) in [5.74, 6) is 1.49. The van der Waals surface area contributed by atoms with E-state index in [2.05, 4.69) is 45.0 Å². The highest BCUT2D eigenvalue weighted by molar-refractivity contribution is 5.75. The first-order chi connectivity index (χ1) is 13.9. The van der Waals surface area contributed by atoms with Crippen molar-refractivity contribution in [2.75, 3.05) is 13.2 Å². The monoisotopic (exact) mass is 397 g/mol. The molecule has 0 spiro atoms. The van der Waals surface area contributed by atoms with Gasteiger partial charge in [0.2, 0.25) is 5.91 Å². The summed E-state index contributed by atoms with van der Waals surface area (Å²) in [5.41, 5.74) is 2.69. The molecule has 2 heterocycles. The second kappa shape index (κ2) is 9.62. The summed E-state index contributed by atoms with van der Waals surface area (Å²) in [7, 11) is 0. The van der Waals surface area contributed by atoms with Gasteiger partial charge in [-0.25, -0.2) is 0 Å². The number of aryl methyl sites for hydroxylation is 1. The van der Waals surface area contributed by atoms with Gasteiger partial charge in [-0.2, -0.15) is 0 Å². The molecule has 1 aromatic carbocycles. The lowest BCUT2D eigenvalue weighted by Gasteiger charge is -2.44. The van der Waals surface area contributed by atoms with E-state index in [1.165, 1.54) is 11.1 Å². The van der Waals surface area contributed by atoms with Gasteiger partial charge in [0, 0.05) is 25.0 Å². The van der Waals surface area contributed by atoms with Gasteiger partial charge in [-0.15, -0.1) is 0 Å². The summed E-state index contributed by atoms with van der Waals surface area (Å²) in [6.45, 7) is 10.6. The topological polar surface area (TPSA) is 42.7 Å². The van der Waals surface area contributed by atoms with Crippen molar-refractivity contribution in [2.24, 2.45) is 5.92 Å². The Morgan fingerprint density at radius 1 is 1.24 bits per heavy atom. The van der Waals surface area contributed by atoms with Crippen LogP contribution in [-0.4, -0.2) is 30.1 Å². The van der Waals surface area contributed by atoms with E-state index in [9.17, 15) is 4.79 Å². The third-order valence-corrected chi connectivity index (χ3v) is 6.35. The van der Waals surface area contributed by atoms with Gasteiger partial charge in [-0.3, -0.25) is 4.79 Å². The molecule has 0 unspecified atom stereocenters. The Hall–Kier alpha value is -2.07. The lowest BCUT2D eigenvalue weighted by Crippen LogP contribution is -2.43. The minimum Gasteiger partial charge on any atom is -0.467 e. The summed E-state index contributed by atoms with van der Waals surface area (Å²) in [4.78, 5) is 14.6. The van der Waals surface area contributed by atoms with Crippen molar-refractivity contribution in [1.29, 1.82) is 0 Å². The largest absolute Gasteiger partial charge is 0.467 e. The lowest BCUT2D eigenvalue weighted by atomic mass is 9.68. The van der Waals surface area contributed by atoms with Gasteiger partial charge >= 0.3 is 0 Å². The van der Waals surface area contributed by atoms with Crippen molar-refractivity contribution < 1.29 is 13.9 Å². The third kappa shape index (κ3) is 5.30. The predicted molar refractivity (Wildman–Crippen MR) is 116 cm³/mol. The zero-order valence-electron chi connectivity index (χ0n) is 18.3. The Balaban J connectivity index is 1.83. The van der Waals surface area contributed by atoms with Crippen molar-refractivity contribution in [3.63, 3.8) is 0 Å². The van der Waals surface area contributed by atoms with Crippen LogP contribution in [0.5, 0.6) is 0 Å². The molecular formula is C25H35NO3. The van der Waals surface area contributed by atoms with Gasteiger partial charge < -0.3 is 14.1 Å². The van der Waals surface area contributed by atoms with Gasteiger partial charge in [0.1, 0.15) is 5.76 Å². The number of amides is 1. The molecule has 1 aliphatic rings. The number of hydrogen-bond acceptors (Lipinski definition) is 3. The zero-order chi connectivity index (χ0) is 20.9. The minimum absolute atomic E-state index is 0.0380. The van der Waals surface area contributed by atoms with E-state index in [-0.39, 0.29) is 17.4 Å². The Bertz CT molecular complexity index is 766. The Morgan fingerprint density at radius 3 is 2.62 bits per heavy atom. The number of hydrogen-bond donors (Lipinski definition) is 0. The molecule has 1 fully saturated rings.